The molecule has 3 aromatic carbocycles. The number of benzene rings is 3. The average Bonchev–Trinajstić information content (AvgIpc) is 3.29. The Labute approximate surface area is 197 Å². The lowest BCUT2D eigenvalue weighted by Gasteiger charge is -2.10. The molecular formula is C26H17N5O2S. The summed E-state index contributed by atoms with van der Waals surface area (Å²) in [5.74, 6) is 0.698. The molecule has 0 fully saturated rings. The quantitative estimate of drug-likeness (QED) is 0.361. The second kappa shape index (κ2) is 8.17. The van der Waals surface area contributed by atoms with Crippen molar-refractivity contribution >= 4 is 31.8 Å². The molecule has 0 aliphatic rings. The van der Waals surface area contributed by atoms with Gasteiger partial charge in [0.15, 0.2) is 0 Å². The Morgan fingerprint density at radius 1 is 0.794 bits per heavy atom. The summed E-state index contributed by atoms with van der Waals surface area (Å²) in [5.41, 5.74) is 4.42. The summed E-state index contributed by atoms with van der Waals surface area (Å²) in [6.07, 6.45) is 0. The van der Waals surface area contributed by atoms with Crippen LogP contribution in [0.1, 0.15) is 0 Å². The summed E-state index contributed by atoms with van der Waals surface area (Å²) < 4.78 is 6.99. The van der Waals surface area contributed by atoms with E-state index in [-0.39, 0.29) is 5.56 Å². The van der Waals surface area contributed by atoms with E-state index in [1.54, 1.807) is 31.4 Å². The minimum atomic E-state index is -0.251. The SMILES string of the molecule is COc1ccc(-n2nnc3c(sc4nnc(-c5ccccc5)c(-c5ccccc5)c43)c2=O)cc1. The Balaban J connectivity index is 1.66. The van der Waals surface area contributed by atoms with Crippen LogP contribution in [0.15, 0.2) is 89.7 Å². The highest BCUT2D eigenvalue weighted by Crippen LogP contribution is 2.41. The molecule has 0 aliphatic heterocycles. The standard InChI is InChI=1S/C26H17N5O2S/c1-33-19-14-12-18(13-15-19)31-26(32)24-23(28-30-31)21-20(16-8-4-2-5-9-16)22(27-29-25(21)34-24)17-10-6-3-7-11-17/h2-15H,1H3. The maximum absolute atomic E-state index is 13.4. The molecule has 0 amide bonds. The number of rotatable bonds is 4. The lowest BCUT2D eigenvalue weighted by atomic mass is 9.97. The van der Waals surface area contributed by atoms with Crippen LogP contribution < -0.4 is 10.3 Å². The lowest BCUT2D eigenvalue weighted by molar-refractivity contribution is 0.414. The molecule has 3 aromatic heterocycles. The number of ether oxygens (including phenoxy) is 1. The molecule has 6 aromatic rings. The van der Waals surface area contributed by atoms with Crippen molar-refractivity contribution in [3.8, 4) is 33.8 Å². The van der Waals surface area contributed by atoms with Gasteiger partial charge in [-0.15, -0.1) is 26.6 Å². The highest BCUT2D eigenvalue weighted by Gasteiger charge is 2.22. The zero-order valence-electron chi connectivity index (χ0n) is 18.0. The highest BCUT2D eigenvalue weighted by molar-refractivity contribution is 7.25. The molecule has 0 saturated heterocycles. The molecule has 0 saturated carbocycles. The van der Waals surface area contributed by atoms with Gasteiger partial charge >= 0.3 is 0 Å². The Morgan fingerprint density at radius 3 is 2.15 bits per heavy atom. The molecule has 7 nitrogen and oxygen atoms in total. The number of thiophene rings is 1. The molecule has 34 heavy (non-hydrogen) atoms. The van der Waals surface area contributed by atoms with Crippen LogP contribution in [0.2, 0.25) is 0 Å². The van der Waals surface area contributed by atoms with Crippen LogP contribution in [-0.2, 0) is 0 Å². The summed E-state index contributed by atoms with van der Waals surface area (Å²) in [6, 6.07) is 27.0. The zero-order chi connectivity index (χ0) is 23.1. The van der Waals surface area contributed by atoms with Gasteiger partial charge in [0.25, 0.3) is 5.56 Å². The van der Waals surface area contributed by atoms with Gasteiger partial charge in [0.05, 0.1) is 18.2 Å². The van der Waals surface area contributed by atoms with E-state index in [0.29, 0.717) is 26.5 Å². The van der Waals surface area contributed by atoms with Crippen LogP contribution >= 0.6 is 11.3 Å². The summed E-state index contributed by atoms with van der Waals surface area (Å²) in [7, 11) is 1.60. The van der Waals surface area contributed by atoms with Gasteiger partial charge < -0.3 is 4.74 Å². The van der Waals surface area contributed by atoms with Gasteiger partial charge in [0.1, 0.15) is 26.5 Å². The number of nitrogens with zero attached hydrogens (tertiary/aromatic N) is 5. The molecule has 0 bridgehead atoms. The Morgan fingerprint density at radius 2 is 1.47 bits per heavy atom. The summed E-state index contributed by atoms with van der Waals surface area (Å²) >= 11 is 1.28. The summed E-state index contributed by atoms with van der Waals surface area (Å²) in [4.78, 5) is 14.1. The first-order valence-electron chi connectivity index (χ1n) is 10.6. The van der Waals surface area contributed by atoms with Gasteiger partial charge in [0.2, 0.25) is 0 Å². The Hall–Kier alpha value is -4.43. The number of fused-ring (bicyclic) bond motifs is 3. The van der Waals surface area contributed by atoms with Gasteiger partial charge in [-0.1, -0.05) is 65.9 Å². The largest absolute Gasteiger partial charge is 0.497 e. The molecule has 0 radical (unpaired) electrons. The van der Waals surface area contributed by atoms with Gasteiger partial charge in [-0.3, -0.25) is 4.79 Å². The van der Waals surface area contributed by atoms with Crippen molar-refractivity contribution in [3.05, 3.63) is 95.3 Å². The normalized spacial score (nSPS) is 11.2. The van der Waals surface area contributed by atoms with Crippen LogP contribution in [0.4, 0.5) is 0 Å². The summed E-state index contributed by atoms with van der Waals surface area (Å²) in [5, 5.41) is 18.6. The van der Waals surface area contributed by atoms with Gasteiger partial charge in [-0.25, -0.2) is 0 Å². The van der Waals surface area contributed by atoms with E-state index in [1.807, 2.05) is 60.7 Å². The summed E-state index contributed by atoms with van der Waals surface area (Å²) in [6.45, 7) is 0. The fourth-order valence-electron chi connectivity index (χ4n) is 4.01. The van der Waals surface area contributed by atoms with Crippen molar-refractivity contribution in [2.24, 2.45) is 0 Å². The molecule has 0 N–H and O–H groups in total. The van der Waals surface area contributed by atoms with Crippen LogP contribution in [0.25, 0.3) is 48.5 Å². The topological polar surface area (TPSA) is 82.8 Å². The van der Waals surface area contributed by atoms with Crippen LogP contribution in [0.3, 0.4) is 0 Å². The molecule has 0 unspecified atom stereocenters. The molecular weight excluding hydrogens is 446 g/mol. The van der Waals surface area contributed by atoms with Gasteiger partial charge in [0, 0.05) is 11.1 Å². The van der Waals surface area contributed by atoms with E-state index in [0.717, 1.165) is 27.8 Å². The Bertz CT molecular complexity index is 1700. The minimum Gasteiger partial charge on any atom is -0.497 e. The van der Waals surface area contributed by atoms with E-state index < -0.39 is 0 Å². The molecule has 3 heterocycles. The first-order valence-corrected chi connectivity index (χ1v) is 11.4. The van der Waals surface area contributed by atoms with Gasteiger partial charge in [-0.05, 0) is 29.8 Å². The van der Waals surface area contributed by atoms with Crippen molar-refractivity contribution in [2.45, 2.75) is 0 Å². The van der Waals surface area contributed by atoms with E-state index >= 15 is 0 Å². The van der Waals surface area contributed by atoms with Crippen molar-refractivity contribution in [2.75, 3.05) is 7.11 Å². The fraction of sp³-hybridized carbons (Fsp3) is 0.0385. The minimum absolute atomic E-state index is 0.251. The third kappa shape index (κ3) is 3.23. The third-order valence-corrected chi connectivity index (χ3v) is 6.69. The Kier molecular flexibility index (Phi) is 4.85. The fourth-order valence-corrected chi connectivity index (χ4v) is 5.00. The lowest BCUT2D eigenvalue weighted by Crippen LogP contribution is -2.21. The predicted octanol–water partition coefficient (Wildman–Crippen LogP) is 5.13. The average molecular weight is 464 g/mol. The number of methoxy groups -OCH3 is 1. The van der Waals surface area contributed by atoms with Crippen LogP contribution in [-0.4, -0.2) is 32.3 Å². The van der Waals surface area contributed by atoms with E-state index in [2.05, 4.69) is 20.5 Å². The molecule has 0 spiro atoms. The maximum atomic E-state index is 13.4. The molecule has 6 rings (SSSR count). The first-order chi connectivity index (χ1) is 16.7. The first kappa shape index (κ1) is 20.2. The molecule has 0 atom stereocenters. The second-order valence-corrected chi connectivity index (χ2v) is 8.62. The van der Waals surface area contributed by atoms with Gasteiger partial charge in [-0.2, -0.15) is 4.68 Å². The van der Waals surface area contributed by atoms with E-state index in [9.17, 15) is 4.79 Å². The molecule has 164 valence electrons. The van der Waals surface area contributed by atoms with Crippen molar-refractivity contribution in [1.29, 1.82) is 0 Å². The third-order valence-electron chi connectivity index (χ3n) is 5.64. The van der Waals surface area contributed by atoms with Crippen molar-refractivity contribution in [1.82, 2.24) is 25.2 Å². The smallest absolute Gasteiger partial charge is 0.292 e. The van der Waals surface area contributed by atoms with Crippen LogP contribution in [0.5, 0.6) is 5.75 Å². The highest BCUT2D eigenvalue weighted by atomic mass is 32.1. The number of aromatic nitrogens is 5. The zero-order valence-corrected chi connectivity index (χ0v) is 18.9. The predicted molar refractivity (Wildman–Crippen MR) is 134 cm³/mol. The van der Waals surface area contributed by atoms with Crippen LogP contribution in [0, 0.1) is 0 Å². The maximum Gasteiger partial charge on any atom is 0.292 e. The number of hydrogen-bond donors (Lipinski definition) is 0. The molecule has 0 aliphatic carbocycles. The monoisotopic (exact) mass is 463 g/mol. The number of hydrogen-bond acceptors (Lipinski definition) is 7. The molecule has 8 heteroatoms. The van der Waals surface area contributed by atoms with E-state index in [1.165, 1.54) is 16.0 Å². The van der Waals surface area contributed by atoms with Crippen molar-refractivity contribution in [3.63, 3.8) is 0 Å². The van der Waals surface area contributed by atoms with E-state index in [4.69, 9.17) is 4.74 Å². The second-order valence-electron chi connectivity index (χ2n) is 7.62. The van der Waals surface area contributed by atoms with Crippen molar-refractivity contribution < 1.29 is 4.74 Å².